The van der Waals surface area contributed by atoms with Crippen LogP contribution in [-0.4, -0.2) is 11.8 Å². The minimum absolute atomic E-state index is 0.213. The fourth-order valence-corrected chi connectivity index (χ4v) is 2.49. The molecule has 4 nitrogen and oxygen atoms in total. The van der Waals surface area contributed by atoms with Crippen LogP contribution < -0.4 is 10.6 Å². The number of rotatable bonds is 3. The van der Waals surface area contributed by atoms with Crippen molar-refractivity contribution in [2.75, 3.05) is 10.6 Å². The Morgan fingerprint density at radius 3 is 2.36 bits per heavy atom. The van der Waals surface area contributed by atoms with Crippen LogP contribution in [0.4, 0.5) is 11.4 Å². The highest BCUT2D eigenvalue weighted by Gasteiger charge is 2.13. The molecule has 2 aromatic rings. The minimum atomic E-state index is -0.395. The van der Waals surface area contributed by atoms with Gasteiger partial charge in [-0.05, 0) is 36.4 Å². The Balaban J connectivity index is 2.27. The number of carbonyl (C=O) groups excluding carboxylic acids is 2. The summed E-state index contributed by atoms with van der Waals surface area (Å²) in [6, 6.07) is 9.78. The SMILES string of the molecule is CC(=O)Nc1ccc(Cl)c(NC(=O)c2cc(Br)ccc2Cl)c1. The maximum absolute atomic E-state index is 12.3. The molecule has 0 fully saturated rings. The van der Waals surface area contributed by atoms with Crippen LogP contribution in [0, 0.1) is 0 Å². The normalized spacial score (nSPS) is 10.2. The maximum Gasteiger partial charge on any atom is 0.257 e. The van der Waals surface area contributed by atoms with Crippen LogP contribution in [0.5, 0.6) is 0 Å². The molecule has 0 saturated carbocycles. The molecule has 7 heteroatoms. The third-order valence-electron chi connectivity index (χ3n) is 2.71. The topological polar surface area (TPSA) is 58.2 Å². The molecule has 2 N–H and O–H groups in total. The fraction of sp³-hybridized carbons (Fsp3) is 0.0667. The van der Waals surface area contributed by atoms with Crippen LogP contribution in [0.1, 0.15) is 17.3 Å². The maximum atomic E-state index is 12.3. The van der Waals surface area contributed by atoms with Crippen LogP contribution in [0.2, 0.25) is 10.0 Å². The molecular formula is C15H11BrCl2N2O2. The van der Waals surface area contributed by atoms with E-state index >= 15 is 0 Å². The molecule has 0 bridgehead atoms. The summed E-state index contributed by atoms with van der Waals surface area (Å²) in [6.07, 6.45) is 0. The van der Waals surface area contributed by atoms with Gasteiger partial charge in [0.25, 0.3) is 5.91 Å². The van der Waals surface area contributed by atoms with Crippen LogP contribution in [-0.2, 0) is 4.79 Å². The predicted octanol–water partition coefficient (Wildman–Crippen LogP) is 4.97. The smallest absolute Gasteiger partial charge is 0.257 e. The average Bonchev–Trinajstić information content (AvgIpc) is 2.44. The van der Waals surface area contributed by atoms with Gasteiger partial charge in [0, 0.05) is 17.1 Å². The van der Waals surface area contributed by atoms with E-state index in [0.717, 1.165) is 4.47 Å². The molecule has 0 heterocycles. The third kappa shape index (κ3) is 4.22. The number of halogens is 3. The molecule has 114 valence electrons. The minimum Gasteiger partial charge on any atom is -0.326 e. The van der Waals surface area contributed by atoms with E-state index in [4.69, 9.17) is 23.2 Å². The lowest BCUT2D eigenvalue weighted by Gasteiger charge is -2.11. The first-order chi connectivity index (χ1) is 10.4. The van der Waals surface area contributed by atoms with Gasteiger partial charge in [-0.2, -0.15) is 0 Å². The van der Waals surface area contributed by atoms with Gasteiger partial charge in [0.15, 0.2) is 0 Å². The summed E-state index contributed by atoms with van der Waals surface area (Å²) in [7, 11) is 0. The summed E-state index contributed by atoms with van der Waals surface area (Å²) in [6.45, 7) is 1.40. The zero-order valence-electron chi connectivity index (χ0n) is 11.4. The lowest BCUT2D eigenvalue weighted by molar-refractivity contribution is -0.114. The molecule has 2 amide bonds. The summed E-state index contributed by atoms with van der Waals surface area (Å²) in [5.41, 5.74) is 1.23. The molecule has 0 aromatic heterocycles. The van der Waals surface area contributed by atoms with Crippen molar-refractivity contribution in [2.45, 2.75) is 6.92 Å². The first-order valence-electron chi connectivity index (χ1n) is 6.20. The number of nitrogens with one attached hydrogen (secondary N) is 2. The van der Waals surface area contributed by atoms with Crippen molar-refractivity contribution < 1.29 is 9.59 Å². The Morgan fingerprint density at radius 2 is 1.68 bits per heavy atom. The van der Waals surface area contributed by atoms with Gasteiger partial charge < -0.3 is 10.6 Å². The van der Waals surface area contributed by atoms with Crippen LogP contribution in [0.25, 0.3) is 0 Å². The number of hydrogen-bond donors (Lipinski definition) is 2. The summed E-state index contributed by atoms with van der Waals surface area (Å²) >= 11 is 15.4. The van der Waals surface area contributed by atoms with Crippen molar-refractivity contribution in [1.82, 2.24) is 0 Å². The molecule has 0 saturated heterocycles. The summed E-state index contributed by atoms with van der Waals surface area (Å²) in [5.74, 6) is -0.609. The lowest BCUT2D eigenvalue weighted by atomic mass is 10.2. The second-order valence-corrected chi connectivity index (χ2v) is 6.18. The Labute approximate surface area is 145 Å². The molecule has 0 radical (unpaired) electrons. The first kappa shape index (κ1) is 16.8. The summed E-state index contributed by atoms with van der Waals surface area (Å²) in [4.78, 5) is 23.4. The molecule has 0 aliphatic carbocycles. The lowest BCUT2D eigenvalue weighted by Crippen LogP contribution is -2.13. The third-order valence-corrected chi connectivity index (χ3v) is 3.86. The second-order valence-electron chi connectivity index (χ2n) is 4.45. The molecule has 0 spiro atoms. The highest BCUT2D eigenvalue weighted by atomic mass is 79.9. The zero-order chi connectivity index (χ0) is 16.3. The van der Waals surface area contributed by atoms with Crippen molar-refractivity contribution in [2.24, 2.45) is 0 Å². The van der Waals surface area contributed by atoms with Gasteiger partial charge in [0.2, 0.25) is 5.91 Å². The van der Waals surface area contributed by atoms with E-state index in [1.54, 1.807) is 36.4 Å². The van der Waals surface area contributed by atoms with E-state index in [0.29, 0.717) is 27.0 Å². The second kappa shape index (κ2) is 7.13. The predicted molar refractivity (Wildman–Crippen MR) is 92.9 cm³/mol. The van der Waals surface area contributed by atoms with Gasteiger partial charge in [0.05, 0.1) is 21.3 Å². The van der Waals surface area contributed by atoms with E-state index in [-0.39, 0.29) is 5.91 Å². The average molecular weight is 402 g/mol. The Hall–Kier alpha value is -1.56. The number of benzene rings is 2. The van der Waals surface area contributed by atoms with Crippen molar-refractivity contribution in [3.63, 3.8) is 0 Å². The Bertz CT molecular complexity index is 750. The molecule has 2 aromatic carbocycles. The molecular weight excluding hydrogens is 391 g/mol. The number of carbonyl (C=O) groups is 2. The summed E-state index contributed by atoms with van der Waals surface area (Å²) < 4.78 is 0.736. The van der Waals surface area contributed by atoms with E-state index in [1.165, 1.54) is 6.92 Å². The number of amides is 2. The van der Waals surface area contributed by atoms with E-state index in [2.05, 4.69) is 26.6 Å². The molecule has 0 unspecified atom stereocenters. The van der Waals surface area contributed by atoms with Gasteiger partial charge >= 0.3 is 0 Å². The van der Waals surface area contributed by atoms with Gasteiger partial charge in [0.1, 0.15) is 0 Å². The fourth-order valence-electron chi connectivity index (χ4n) is 1.76. The molecule has 0 atom stereocenters. The highest BCUT2D eigenvalue weighted by molar-refractivity contribution is 9.10. The highest BCUT2D eigenvalue weighted by Crippen LogP contribution is 2.27. The van der Waals surface area contributed by atoms with Gasteiger partial charge in [-0.25, -0.2) is 0 Å². The van der Waals surface area contributed by atoms with Crippen molar-refractivity contribution in [1.29, 1.82) is 0 Å². The number of hydrogen-bond acceptors (Lipinski definition) is 2. The largest absolute Gasteiger partial charge is 0.326 e. The van der Waals surface area contributed by atoms with Gasteiger partial charge in [-0.15, -0.1) is 0 Å². The van der Waals surface area contributed by atoms with Crippen LogP contribution in [0.15, 0.2) is 40.9 Å². The first-order valence-corrected chi connectivity index (χ1v) is 7.75. The van der Waals surface area contributed by atoms with Crippen molar-refractivity contribution in [3.8, 4) is 0 Å². The number of anilines is 2. The van der Waals surface area contributed by atoms with E-state index < -0.39 is 5.91 Å². The van der Waals surface area contributed by atoms with Crippen LogP contribution in [0.3, 0.4) is 0 Å². The zero-order valence-corrected chi connectivity index (χ0v) is 14.5. The standard InChI is InChI=1S/C15H11BrCl2N2O2/c1-8(21)19-10-3-5-13(18)14(7-10)20-15(22)11-6-9(16)2-4-12(11)17/h2-7H,1H3,(H,19,21)(H,20,22). The van der Waals surface area contributed by atoms with E-state index in [1.807, 2.05) is 0 Å². The van der Waals surface area contributed by atoms with E-state index in [9.17, 15) is 9.59 Å². The van der Waals surface area contributed by atoms with Crippen molar-refractivity contribution in [3.05, 3.63) is 56.5 Å². The molecule has 0 aliphatic heterocycles. The van der Waals surface area contributed by atoms with Gasteiger partial charge in [-0.1, -0.05) is 39.1 Å². The quantitative estimate of drug-likeness (QED) is 0.762. The molecule has 0 aliphatic rings. The van der Waals surface area contributed by atoms with Crippen molar-refractivity contribution >= 4 is 62.3 Å². The Kier molecular flexibility index (Phi) is 5.45. The molecule has 2 rings (SSSR count). The molecule has 22 heavy (non-hydrogen) atoms. The Morgan fingerprint density at radius 1 is 1.00 bits per heavy atom. The monoisotopic (exact) mass is 400 g/mol. The summed E-state index contributed by atoms with van der Waals surface area (Å²) in [5, 5.41) is 5.99. The van der Waals surface area contributed by atoms with Crippen LogP contribution >= 0.6 is 39.1 Å². The van der Waals surface area contributed by atoms with Gasteiger partial charge in [-0.3, -0.25) is 9.59 Å².